The average Bonchev–Trinajstić information content (AvgIpc) is 3.04. The summed E-state index contributed by atoms with van der Waals surface area (Å²) in [7, 11) is 3.14. The van der Waals surface area contributed by atoms with Crippen molar-refractivity contribution in [2.75, 3.05) is 14.1 Å². The molecule has 0 spiro atoms. The number of halogens is 1. The first-order valence-corrected chi connectivity index (χ1v) is 9.16. The average molecular weight is 398 g/mol. The molecule has 152 valence electrons. The van der Waals surface area contributed by atoms with E-state index in [-0.39, 0.29) is 11.6 Å². The van der Waals surface area contributed by atoms with Crippen LogP contribution < -0.4 is 11.1 Å². The molecule has 0 aliphatic carbocycles. The Kier molecular flexibility index (Phi) is 6.06. The van der Waals surface area contributed by atoms with E-state index in [1.165, 1.54) is 15.8 Å². The molecule has 1 aromatic carbocycles. The van der Waals surface area contributed by atoms with Gasteiger partial charge in [0.15, 0.2) is 11.5 Å². The van der Waals surface area contributed by atoms with Crippen LogP contribution in [-0.4, -0.2) is 52.8 Å². The summed E-state index contributed by atoms with van der Waals surface area (Å²) < 4.78 is 15.7. The SMILES string of the molecule is CN=CC1=C(N)CC[C@H](NC(=O)c2nn(Cc3ccccc3)cc2F)C(=O)N1C. The van der Waals surface area contributed by atoms with Crippen molar-refractivity contribution < 1.29 is 14.0 Å². The fourth-order valence-corrected chi connectivity index (χ4v) is 3.17. The molecular formula is C20H23FN6O2. The minimum atomic E-state index is -0.840. The standard InChI is InChI=1S/C20H23FN6O2/c1-23-10-17-15(22)8-9-16(20(29)26(17)2)24-19(28)18-14(21)12-27(25-18)11-13-6-4-3-5-7-13/h3-7,10,12,16H,8-9,11,22H2,1-2H3,(H,24,28)/t16-/m0/s1. The molecule has 0 radical (unpaired) electrons. The van der Waals surface area contributed by atoms with Gasteiger partial charge in [0.1, 0.15) is 6.04 Å². The Balaban J connectivity index is 1.73. The number of likely N-dealkylation sites (N-methyl/N-ethyl adjacent to an activating group) is 1. The molecule has 1 aromatic heterocycles. The number of aromatic nitrogens is 2. The molecule has 0 saturated carbocycles. The predicted octanol–water partition coefficient (Wildman–Crippen LogP) is 1.29. The van der Waals surface area contributed by atoms with Gasteiger partial charge in [0, 0.05) is 26.0 Å². The molecule has 1 atom stereocenters. The number of aliphatic imine (C=N–C) groups is 1. The Hall–Kier alpha value is -3.49. The second-order valence-electron chi connectivity index (χ2n) is 6.77. The molecule has 2 heterocycles. The van der Waals surface area contributed by atoms with Crippen LogP contribution in [-0.2, 0) is 11.3 Å². The molecule has 1 aliphatic rings. The summed E-state index contributed by atoms with van der Waals surface area (Å²) in [4.78, 5) is 30.6. The molecule has 2 amide bonds. The molecule has 9 heteroatoms. The van der Waals surface area contributed by atoms with Gasteiger partial charge in [-0.15, -0.1) is 0 Å². The topological polar surface area (TPSA) is 106 Å². The van der Waals surface area contributed by atoms with E-state index in [4.69, 9.17) is 5.73 Å². The summed E-state index contributed by atoms with van der Waals surface area (Å²) in [5.41, 5.74) is 7.60. The molecule has 3 rings (SSSR count). The highest BCUT2D eigenvalue weighted by Crippen LogP contribution is 2.18. The van der Waals surface area contributed by atoms with Gasteiger partial charge >= 0.3 is 0 Å². The van der Waals surface area contributed by atoms with Gasteiger partial charge in [-0.3, -0.25) is 19.3 Å². The summed E-state index contributed by atoms with van der Waals surface area (Å²) >= 11 is 0. The second-order valence-corrected chi connectivity index (χ2v) is 6.77. The zero-order valence-electron chi connectivity index (χ0n) is 16.3. The molecule has 0 unspecified atom stereocenters. The Labute approximate surface area is 167 Å². The van der Waals surface area contributed by atoms with Crippen LogP contribution in [0.25, 0.3) is 0 Å². The van der Waals surface area contributed by atoms with Gasteiger partial charge in [-0.1, -0.05) is 30.3 Å². The largest absolute Gasteiger partial charge is 0.400 e. The van der Waals surface area contributed by atoms with Crippen molar-refractivity contribution in [2.45, 2.75) is 25.4 Å². The van der Waals surface area contributed by atoms with Crippen molar-refractivity contribution in [3.05, 3.63) is 65.0 Å². The van der Waals surface area contributed by atoms with Crippen LogP contribution in [0.5, 0.6) is 0 Å². The van der Waals surface area contributed by atoms with Gasteiger partial charge in [-0.2, -0.15) is 5.10 Å². The van der Waals surface area contributed by atoms with E-state index in [0.717, 1.165) is 11.8 Å². The lowest BCUT2D eigenvalue weighted by molar-refractivity contribution is -0.129. The highest BCUT2D eigenvalue weighted by atomic mass is 19.1. The van der Waals surface area contributed by atoms with Crippen LogP contribution >= 0.6 is 0 Å². The Morgan fingerprint density at radius 3 is 2.83 bits per heavy atom. The van der Waals surface area contributed by atoms with Crippen LogP contribution in [0, 0.1) is 5.82 Å². The molecule has 29 heavy (non-hydrogen) atoms. The van der Waals surface area contributed by atoms with Crippen LogP contribution in [0.15, 0.2) is 52.9 Å². The maximum Gasteiger partial charge on any atom is 0.275 e. The quantitative estimate of drug-likeness (QED) is 0.741. The Bertz CT molecular complexity index is 967. The first kappa shape index (κ1) is 20.2. The minimum absolute atomic E-state index is 0.300. The lowest BCUT2D eigenvalue weighted by Crippen LogP contribution is -2.46. The van der Waals surface area contributed by atoms with Crippen molar-refractivity contribution in [1.82, 2.24) is 20.0 Å². The third-order valence-corrected chi connectivity index (χ3v) is 4.70. The number of carbonyl (C=O) groups excluding carboxylic acids is 2. The van der Waals surface area contributed by atoms with E-state index in [0.29, 0.717) is 30.8 Å². The fourth-order valence-electron chi connectivity index (χ4n) is 3.17. The highest BCUT2D eigenvalue weighted by molar-refractivity contribution is 5.98. The Morgan fingerprint density at radius 2 is 2.14 bits per heavy atom. The number of nitrogens with two attached hydrogens (primary N) is 1. The smallest absolute Gasteiger partial charge is 0.275 e. The Morgan fingerprint density at radius 1 is 1.41 bits per heavy atom. The number of nitrogens with zero attached hydrogens (tertiary/aromatic N) is 4. The first-order chi connectivity index (χ1) is 13.9. The number of rotatable bonds is 5. The number of hydrogen-bond acceptors (Lipinski definition) is 5. The molecule has 0 saturated heterocycles. The summed E-state index contributed by atoms with van der Waals surface area (Å²) in [6, 6.07) is 8.55. The van der Waals surface area contributed by atoms with Crippen LogP contribution in [0.3, 0.4) is 0 Å². The molecule has 3 N–H and O–H groups in total. The van der Waals surface area contributed by atoms with E-state index in [1.807, 2.05) is 30.3 Å². The van der Waals surface area contributed by atoms with Crippen LogP contribution in [0.2, 0.25) is 0 Å². The van der Waals surface area contributed by atoms with E-state index < -0.39 is 17.8 Å². The zero-order valence-corrected chi connectivity index (χ0v) is 16.3. The molecule has 8 nitrogen and oxygen atoms in total. The predicted molar refractivity (Wildman–Crippen MR) is 107 cm³/mol. The van der Waals surface area contributed by atoms with E-state index >= 15 is 0 Å². The van der Waals surface area contributed by atoms with Crippen molar-refractivity contribution in [2.24, 2.45) is 10.7 Å². The highest BCUT2D eigenvalue weighted by Gasteiger charge is 2.31. The number of nitrogens with one attached hydrogen (secondary N) is 1. The van der Waals surface area contributed by atoms with Crippen molar-refractivity contribution in [1.29, 1.82) is 0 Å². The molecular weight excluding hydrogens is 375 g/mol. The monoisotopic (exact) mass is 398 g/mol. The van der Waals surface area contributed by atoms with Crippen LogP contribution in [0.4, 0.5) is 4.39 Å². The van der Waals surface area contributed by atoms with Gasteiger partial charge in [-0.05, 0) is 18.4 Å². The first-order valence-electron chi connectivity index (χ1n) is 9.16. The third kappa shape index (κ3) is 4.50. The van der Waals surface area contributed by atoms with E-state index in [9.17, 15) is 14.0 Å². The van der Waals surface area contributed by atoms with Crippen molar-refractivity contribution in [3.8, 4) is 0 Å². The number of carbonyl (C=O) groups is 2. The third-order valence-electron chi connectivity index (χ3n) is 4.70. The van der Waals surface area contributed by atoms with Gasteiger partial charge < -0.3 is 16.0 Å². The van der Waals surface area contributed by atoms with E-state index in [2.05, 4.69) is 15.4 Å². The molecule has 0 fully saturated rings. The van der Waals surface area contributed by atoms with Crippen molar-refractivity contribution >= 4 is 18.0 Å². The van der Waals surface area contributed by atoms with E-state index in [1.54, 1.807) is 14.1 Å². The number of amides is 2. The lowest BCUT2D eigenvalue weighted by Gasteiger charge is -2.22. The summed E-state index contributed by atoms with van der Waals surface area (Å²) in [6.07, 6.45) is 3.36. The molecule has 1 aliphatic heterocycles. The van der Waals surface area contributed by atoms with Gasteiger partial charge in [0.05, 0.1) is 18.4 Å². The summed E-state index contributed by atoms with van der Waals surface area (Å²) in [5, 5.41) is 6.63. The maximum absolute atomic E-state index is 14.3. The fraction of sp³-hybridized carbons (Fsp3) is 0.300. The number of hydrogen-bond donors (Lipinski definition) is 2. The zero-order chi connectivity index (χ0) is 21.0. The van der Waals surface area contributed by atoms with Gasteiger partial charge in [0.2, 0.25) is 5.91 Å². The second kappa shape index (κ2) is 8.68. The summed E-state index contributed by atoms with van der Waals surface area (Å²) in [6.45, 7) is 0.330. The molecule has 2 aromatic rings. The van der Waals surface area contributed by atoms with Gasteiger partial charge in [0.25, 0.3) is 5.91 Å². The lowest BCUT2D eigenvalue weighted by atomic mass is 10.1. The molecule has 0 bridgehead atoms. The minimum Gasteiger partial charge on any atom is -0.400 e. The maximum atomic E-state index is 14.3. The number of benzene rings is 1. The van der Waals surface area contributed by atoms with Gasteiger partial charge in [-0.25, -0.2) is 4.39 Å². The van der Waals surface area contributed by atoms with Crippen LogP contribution in [0.1, 0.15) is 28.9 Å². The summed E-state index contributed by atoms with van der Waals surface area (Å²) in [5.74, 6) is -1.84. The van der Waals surface area contributed by atoms with Crippen molar-refractivity contribution in [3.63, 3.8) is 0 Å². The normalized spacial score (nSPS) is 17.7. The number of allylic oxidation sites excluding steroid dienone is 2.